The summed E-state index contributed by atoms with van der Waals surface area (Å²) in [4.78, 5) is 18.9. The van der Waals surface area contributed by atoms with Crippen molar-refractivity contribution in [1.29, 1.82) is 0 Å². The molecule has 1 aliphatic heterocycles. The standard InChI is InChI=1S/C15H23N3O/c1-4-13-8-12(9-14(17-13)16-5-2)15(19)18-7-6-11(3)10-18/h8-9,11H,4-7,10H2,1-3H3,(H,16,17). The molecule has 1 unspecified atom stereocenters. The molecule has 0 aromatic carbocycles. The number of aromatic nitrogens is 1. The van der Waals surface area contributed by atoms with Crippen molar-refractivity contribution in [2.45, 2.75) is 33.6 Å². The number of aryl methyl sites for hydroxylation is 1. The maximum Gasteiger partial charge on any atom is 0.254 e. The Morgan fingerprint density at radius 2 is 2.26 bits per heavy atom. The molecular formula is C15H23N3O. The van der Waals surface area contributed by atoms with Gasteiger partial charge < -0.3 is 10.2 Å². The van der Waals surface area contributed by atoms with E-state index in [9.17, 15) is 4.79 Å². The highest BCUT2D eigenvalue weighted by atomic mass is 16.2. The first kappa shape index (κ1) is 13.8. The molecule has 1 aliphatic rings. The third-order valence-electron chi connectivity index (χ3n) is 3.56. The summed E-state index contributed by atoms with van der Waals surface area (Å²) >= 11 is 0. The molecule has 1 aromatic rings. The van der Waals surface area contributed by atoms with Crippen LogP contribution in [0, 0.1) is 5.92 Å². The number of hydrogen-bond acceptors (Lipinski definition) is 3. The van der Waals surface area contributed by atoms with Crippen LogP contribution in [0.1, 0.15) is 43.2 Å². The largest absolute Gasteiger partial charge is 0.370 e. The molecule has 19 heavy (non-hydrogen) atoms. The molecule has 0 bridgehead atoms. The molecule has 1 saturated heterocycles. The number of hydrogen-bond donors (Lipinski definition) is 1. The highest BCUT2D eigenvalue weighted by Crippen LogP contribution is 2.19. The van der Waals surface area contributed by atoms with E-state index in [1.165, 1.54) is 0 Å². The topological polar surface area (TPSA) is 45.2 Å². The Balaban J connectivity index is 2.22. The zero-order chi connectivity index (χ0) is 13.8. The Hall–Kier alpha value is -1.58. The van der Waals surface area contributed by atoms with E-state index in [2.05, 4.69) is 24.1 Å². The number of rotatable bonds is 4. The van der Waals surface area contributed by atoms with Gasteiger partial charge in [0.25, 0.3) is 5.91 Å². The molecule has 1 fully saturated rings. The summed E-state index contributed by atoms with van der Waals surface area (Å²) in [6.07, 6.45) is 1.95. The van der Waals surface area contributed by atoms with Crippen LogP contribution in [0.4, 0.5) is 5.82 Å². The van der Waals surface area contributed by atoms with Crippen LogP contribution < -0.4 is 5.32 Å². The van der Waals surface area contributed by atoms with E-state index in [0.717, 1.165) is 49.6 Å². The van der Waals surface area contributed by atoms with Crippen molar-refractivity contribution in [3.8, 4) is 0 Å². The fourth-order valence-corrected chi connectivity index (χ4v) is 2.47. The number of carbonyl (C=O) groups excluding carboxylic acids is 1. The fraction of sp³-hybridized carbons (Fsp3) is 0.600. The Morgan fingerprint density at radius 3 is 2.84 bits per heavy atom. The van der Waals surface area contributed by atoms with E-state index >= 15 is 0 Å². The minimum absolute atomic E-state index is 0.139. The van der Waals surface area contributed by atoms with E-state index in [1.54, 1.807) is 0 Å². The number of anilines is 1. The van der Waals surface area contributed by atoms with Gasteiger partial charge in [-0.25, -0.2) is 4.98 Å². The van der Waals surface area contributed by atoms with Crippen molar-refractivity contribution in [1.82, 2.24) is 9.88 Å². The summed E-state index contributed by atoms with van der Waals surface area (Å²) < 4.78 is 0. The number of likely N-dealkylation sites (tertiary alicyclic amines) is 1. The Labute approximate surface area is 115 Å². The highest BCUT2D eigenvalue weighted by molar-refractivity contribution is 5.95. The van der Waals surface area contributed by atoms with Gasteiger partial charge in [0.05, 0.1) is 0 Å². The van der Waals surface area contributed by atoms with Crippen molar-refractivity contribution < 1.29 is 4.79 Å². The van der Waals surface area contributed by atoms with Gasteiger partial charge in [0.15, 0.2) is 0 Å². The van der Waals surface area contributed by atoms with Crippen molar-refractivity contribution >= 4 is 11.7 Å². The van der Waals surface area contributed by atoms with Crippen LogP contribution in [0.5, 0.6) is 0 Å². The minimum atomic E-state index is 0.139. The second-order valence-corrected chi connectivity index (χ2v) is 5.26. The van der Waals surface area contributed by atoms with Crippen LogP contribution in [0.2, 0.25) is 0 Å². The predicted octanol–water partition coefficient (Wildman–Crippen LogP) is 2.56. The van der Waals surface area contributed by atoms with E-state index < -0.39 is 0 Å². The van der Waals surface area contributed by atoms with Crippen molar-refractivity contribution in [3.63, 3.8) is 0 Å². The molecule has 1 N–H and O–H groups in total. The Kier molecular flexibility index (Phi) is 4.40. The third kappa shape index (κ3) is 3.25. The zero-order valence-electron chi connectivity index (χ0n) is 12.1. The maximum atomic E-state index is 12.5. The first-order valence-corrected chi connectivity index (χ1v) is 7.18. The number of pyridine rings is 1. The van der Waals surface area contributed by atoms with Gasteiger partial charge in [-0.1, -0.05) is 13.8 Å². The number of carbonyl (C=O) groups is 1. The average molecular weight is 261 g/mol. The van der Waals surface area contributed by atoms with Crippen molar-refractivity contribution in [3.05, 3.63) is 23.4 Å². The summed E-state index contributed by atoms with van der Waals surface area (Å²) in [5.41, 5.74) is 1.73. The highest BCUT2D eigenvalue weighted by Gasteiger charge is 2.24. The molecule has 1 atom stereocenters. The van der Waals surface area contributed by atoms with E-state index in [0.29, 0.717) is 5.92 Å². The molecule has 4 heteroatoms. The van der Waals surface area contributed by atoms with Gasteiger partial charge >= 0.3 is 0 Å². The van der Waals surface area contributed by atoms with E-state index in [1.807, 2.05) is 24.0 Å². The average Bonchev–Trinajstić information content (AvgIpc) is 2.84. The molecule has 0 spiro atoms. The minimum Gasteiger partial charge on any atom is -0.370 e. The van der Waals surface area contributed by atoms with Gasteiger partial charge in [-0.05, 0) is 37.8 Å². The smallest absolute Gasteiger partial charge is 0.254 e. The van der Waals surface area contributed by atoms with Gasteiger partial charge in [0.1, 0.15) is 5.82 Å². The monoisotopic (exact) mass is 261 g/mol. The van der Waals surface area contributed by atoms with E-state index in [-0.39, 0.29) is 5.91 Å². The first-order valence-electron chi connectivity index (χ1n) is 7.18. The number of nitrogens with one attached hydrogen (secondary N) is 1. The lowest BCUT2D eigenvalue weighted by molar-refractivity contribution is 0.0788. The second kappa shape index (κ2) is 6.04. The van der Waals surface area contributed by atoms with Gasteiger partial charge in [0.2, 0.25) is 0 Å². The molecule has 0 radical (unpaired) electrons. The molecule has 104 valence electrons. The molecular weight excluding hydrogens is 238 g/mol. The molecule has 2 heterocycles. The molecule has 1 aromatic heterocycles. The molecule has 1 amide bonds. The van der Waals surface area contributed by atoms with Crippen LogP contribution in [0.15, 0.2) is 12.1 Å². The Morgan fingerprint density at radius 1 is 1.47 bits per heavy atom. The van der Waals surface area contributed by atoms with Crippen LogP contribution in [0.25, 0.3) is 0 Å². The summed E-state index contributed by atoms with van der Waals surface area (Å²) in [6, 6.07) is 3.79. The first-order chi connectivity index (χ1) is 9.13. The predicted molar refractivity (Wildman–Crippen MR) is 77.5 cm³/mol. The SMILES string of the molecule is CCNc1cc(C(=O)N2CCC(C)C2)cc(CC)n1. The maximum absolute atomic E-state index is 12.5. The van der Waals surface area contributed by atoms with Crippen LogP contribution in [-0.2, 0) is 6.42 Å². The quantitative estimate of drug-likeness (QED) is 0.906. The number of nitrogens with zero attached hydrogens (tertiary/aromatic N) is 2. The zero-order valence-corrected chi connectivity index (χ0v) is 12.1. The fourth-order valence-electron chi connectivity index (χ4n) is 2.47. The normalized spacial score (nSPS) is 18.7. The molecule has 2 rings (SSSR count). The Bertz CT molecular complexity index is 459. The molecule has 0 aliphatic carbocycles. The van der Waals surface area contributed by atoms with Crippen molar-refractivity contribution in [2.24, 2.45) is 5.92 Å². The number of amides is 1. The summed E-state index contributed by atoms with van der Waals surface area (Å²) in [5, 5.41) is 3.20. The summed E-state index contributed by atoms with van der Waals surface area (Å²) in [5.74, 6) is 1.56. The van der Waals surface area contributed by atoms with Gasteiger partial charge in [-0.15, -0.1) is 0 Å². The third-order valence-corrected chi connectivity index (χ3v) is 3.56. The van der Waals surface area contributed by atoms with Crippen molar-refractivity contribution in [2.75, 3.05) is 25.0 Å². The van der Waals surface area contributed by atoms with Crippen LogP contribution in [0.3, 0.4) is 0 Å². The van der Waals surface area contributed by atoms with Crippen LogP contribution >= 0.6 is 0 Å². The van der Waals surface area contributed by atoms with Gasteiger partial charge in [-0.3, -0.25) is 4.79 Å². The lowest BCUT2D eigenvalue weighted by Crippen LogP contribution is -2.28. The van der Waals surface area contributed by atoms with Gasteiger partial charge in [0, 0.05) is 30.9 Å². The summed E-state index contributed by atoms with van der Waals surface area (Å²) in [7, 11) is 0. The van der Waals surface area contributed by atoms with Gasteiger partial charge in [-0.2, -0.15) is 0 Å². The molecule has 4 nitrogen and oxygen atoms in total. The van der Waals surface area contributed by atoms with Crippen LogP contribution in [-0.4, -0.2) is 35.4 Å². The van der Waals surface area contributed by atoms with E-state index in [4.69, 9.17) is 0 Å². The lowest BCUT2D eigenvalue weighted by atomic mass is 10.1. The lowest BCUT2D eigenvalue weighted by Gasteiger charge is -2.17. The second-order valence-electron chi connectivity index (χ2n) is 5.26. The molecule has 0 saturated carbocycles. The summed E-state index contributed by atoms with van der Waals surface area (Å²) in [6.45, 7) is 8.85.